The van der Waals surface area contributed by atoms with Gasteiger partial charge in [0, 0.05) is 5.92 Å². The van der Waals surface area contributed by atoms with Crippen LogP contribution in [0.5, 0.6) is 0 Å². The molecule has 16 heavy (non-hydrogen) atoms. The predicted octanol–water partition coefficient (Wildman–Crippen LogP) is 2.12. The molecule has 0 saturated carbocycles. The summed E-state index contributed by atoms with van der Waals surface area (Å²) in [6, 6.07) is 0. The van der Waals surface area contributed by atoms with E-state index in [1.807, 2.05) is 20.8 Å². The van der Waals surface area contributed by atoms with Crippen LogP contribution in [-0.4, -0.2) is 22.0 Å². The molecule has 1 atom stereocenters. The molecule has 0 aliphatic carbocycles. The standard InChI is InChI=1S/C13H27NO2/c1-9(10(15)12(4,5)14)8-11(2,3)13(6,7)16/h9,16H,8,14H2,1-7H3. The lowest BCUT2D eigenvalue weighted by Crippen LogP contribution is -2.47. The first kappa shape index (κ1) is 15.6. The Kier molecular flexibility index (Phi) is 4.34. The second kappa shape index (κ2) is 4.46. The molecular formula is C13H27NO2. The van der Waals surface area contributed by atoms with E-state index in [0.717, 1.165) is 0 Å². The number of hydrogen-bond acceptors (Lipinski definition) is 3. The second-order valence-electron chi connectivity index (χ2n) is 6.63. The molecule has 0 radical (unpaired) electrons. The lowest BCUT2D eigenvalue weighted by atomic mass is 9.70. The van der Waals surface area contributed by atoms with E-state index in [1.54, 1.807) is 27.7 Å². The van der Waals surface area contributed by atoms with Crippen LogP contribution in [0.15, 0.2) is 0 Å². The fourth-order valence-electron chi connectivity index (χ4n) is 1.74. The molecule has 0 bridgehead atoms. The molecule has 96 valence electrons. The molecule has 0 aromatic rings. The van der Waals surface area contributed by atoms with Gasteiger partial charge in [0.1, 0.15) is 0 Å². The van der Waals surface area contributed by atoms with Crippen molar-refractivity contribution in [2.75, 3.05) is 0 Å². The molecule has 0 spiro atoms. The Balaban J connectivity index is 4.71. The summed E-state index contributed by atoms with van der Waals surface area (Å²) in [4.78, 5) is 12.0. The van der Waals surface area contributed by atoms with Gasteiger partial charge in [0.25, 0.3) is 0 Å². The molecule has 0 aromatic carbocycles. The van der Waals surface area contributed by atoms with Gasteiger partial charge in [-0.3, -0.25) is 4.79 Å². The van der Waals surface area contributed by atoms with Gasteiger partial charge >= 0.3 is 0 Å². The third-order valence-corrected chi connectivity index (χ3v) is 3.56. The van der Waals surface area contributed by atoms with Gasteiger partial charge in [0.2, 0.25) is 0 Å². The minimum Gasteiger partial charge on any atom is -0.390 e. The Bertz CT molecular complexity index is 256. The SMILES string of the molecule is CC(CC(C)(C)C(C)(C)O)C(=O)C(C)(C)N. The molecule has 3 nitrogen and oxygen atoms in total. The number of hydrogen-bond donors (Lipinski definition) is 2. The fourth-order valence-corrected chi connectivity index (χ4v) is 1.74. The van der Waals surface area contributed by atoms with Crippen molar-refractivity contribution in [3.8, 4) is 0 Å². The van der Waals surface area contributed by atoms with Crippen molar-refractivity contribution in [3.05, 3.63) is 0 Å². The van der Waals surface area contributed by atoms with Crippen LogP contribution in [0.1, 0.15) is 54.9 Å². The maximum atomic E-state index is 12.0. The largest absolute Gasteiger partial charge is 0.390 e. The van der Waals surface area contributed by atoms with Crippen LogP contribution in [0.2, 0.25) is 0 Å². The quantitative estimate of drug-likeness (QED) is 0.759. The van der Waals surface area contributed by atoms with Crippen molar-refractivity contribution in [1.29, 1.82) is 0 Å². The van der Waals surface area contributed by atoms with Gasteiger partial charge in [0.05, 0.1) is 11.1 Å². The number of rotatable bonds is 5. The van der Waals surface area contributed by atoms with Crippen molar-refractivity contribution in [1.82, 2.24) is 0 Å². The Hall–Kier alpha value is -0.410. The smallest absolute Gasteiger partial charge is 0.154 e. The van der Waals surface area contributed by atoms with Gasteiger partial charge in [-0.25, -0.2) is 0 Å². The maximum absolute atomic E-state index is 12.0. The number of aliphatic hydroxyl groups is 1. The first-order chi connectivity index (χ1) is 6.79. The topological polar surface area (TPSA) is 63.3 Å². The lowest BCUT2D eigenvalue weighted by Gasteiger charge is -2.39. The summed E-state index contributed by atoms with van der Waals surface area (Å²) >= 11 is 0. The van der Waals surface area contributed by atoms with Crippen molar-refractivity contribution < 1.29 is 9.90 Å². The summed E-state index contributed by atoms with van der Waals surface area (Å²) < 4.78 is 0. The van der Waals surface area contributed by atoms with Crippen LogP contribution in [-0.2, 0) is 4.79 Å². The van der Waals surface area contributed by atoms with Crippen molar-refractivity contribution in [2.24, 2.45) is 17.1 Å². The van der Waals surface area contributed by atoms with Crippen LogP contribution in [0.4, 0.5) is 0 Å². The van der Waals surface area contributed by atoms with Gasteiger partial charge in [-0.2, -0.15) is 0 Å². The van der Waals surface area contributed by atoms with E-state index in [-0.39, 0.29) is 17.1 Å². The molecule has 0 aliphatic heterocycles. The van der Waals surface area contributed by atoms with Crippen LogP contribution < -0.4 is 5.73 Å². The molecule has 3 heteroatoms. The summed E-state index contributed by atoms with van der Waals surface area (Å²) in [7, 11) is 0. The van der Waals surface area contributed by atoms with Gasteiger partial charge in [0.15, 0.2) is 5.78 Å². The molecular weight excluding hydrogens is 202 g/mol. The highest BCUT2D eigenvalue weighted by atomic mass is 16.3. The van der Waals surface area contributed by atoms with E-state index in [9.17, 15) is 9.90 Å². The van der Waals surface area contributed by atoms with Crippen molar-refractivity contribution in [2.45, 2.75) is 66.0 Å². The molecule has 3 N–H and O–H groups in total. The number of nitrogens with two attached hydrogens (primary N) is 1. The fraction of sp³-hybridized carbons (Fsp3) is 0.923. The van der Waals surface area contributed by atoms with Crippen molar-refractivity contribution >= 4 is 5.78 Å². The van der Waals surface area contributed by atoms with Gasteiger partial charge in [-0.1, -0.05) is 20.8 Å². The zero-order chi connectivity index (χ0) is 13.4. The minimum atomic E-state index is -0.805. The maximum Gasteiger partial charge on any atom is 0.154 e. The highest BCUT2D eigenvalue weighted by Crippen LogP contribution is 2.37. The van der Waals surface area contributed by atoms with Gasteiger partial charge < -0.3 is 10.8 Å². The molecule has 0 amide bonds. The van der Waals surface area contributed by atoms with E-state index in [4.69, 9.17) is 5.73 Å². The second-order valence-corrected chi connectivity index (χ2v) is 6.63. The molecule has 0 saturated heterocycles. The first-order valence-corrected chi connectivity index (χ1v) is 5.84. The molecule has 1 unspecified atom stereocenters. The summed E-state index contributed by atoms with van der Waals surface area (Å²) in [5.74, 6) is -0.0914. The van der Waals surface area contributed by atoms with E-state index in [1.165, 1.54) is 0 Å². The van der Waals surface area contributed by atoms with Gasteiger partial charge in [-0.15, -0.1) is 0 Å². The Labute approximate surface area is 99.4 Å². The number of ketones is 1. The minimum absolute atomic E-state index is 0.0461. The molecule has 0 aromatic heterocycles. The highest BCUT2D eigenvalue weighted by Gasteiger charge is 2.39. The summed E-state index contributed by atoms with van der Waals surface area (Å²) in [5.41, 5.74) is 3.88. The third-order valence-electron chi connectivity index (χ3n) is 3.56. The Morgan fingerprint density at radius 2 is 1.56 bits per heavy atom. The zero-order valence-corrected chi connectivity index (χ0v) is 11.7. The monoisotopic (exact) mass is 229 g/mol. The number of carbonyl (C=O) groups is 1. The number of Topliss-reactive ketones (excluding diaryl/α,β-unsaturated/α-hetero) is 1. The van der Waals surface area contributed by atoms with Crippen LogP contribution in [0.3, 0.4) is 0 Å². The van der Waals surface area contributed by atoms with Crippen molar-refractivity contribution in [3.63, 3.8) is 0 Å². The van der Waals surface area contributed by atoms with Crippen LogP contribution in [0.25, 0.3) is 0 Å². The summed E-state index contributed by atoms with van der Waals surface area (Å²) in [5, 5.41) is 10.0. The molecule has 0 fully saturated rings. The predicted molar refractivity (Wildman–Crippen MR) is 67.1 cm³/mol. The zero-order valence-electron chi connectivity index (χ0n) is 11.7. The first-order valence-electron chi connectivity index (χ1n) is 5.84. The molecule has 0 heterocycles. The van der Waals surface area contributed by atoms with E-state index < -0.39 is 11.1 Å². The average molecular weight is 229 g/mol. The summed E-state index contributed by atoms with van der Waals surface area (Å²) in [6.45, 7) is 12.8. The van der Waals surface area contributed by atoms with E-state index in [0.29, 0.717) is 6.42 Å². The lowest BCUT2D eigenvalue weighted by molar-refractivity contribution is -0.129. The Morgan fingerprint density at radius 1 is 1.19 bits per heavy atom. The highest BCUT2D eigenvalue weighted by molar-refractivity contribution is 5.89. The van der Waals surface area contributed by atoms with Gasteiger partial charge in [-0.05, 0) is 39.5 Å². The normalized spacial score (nSPS) is 16.1. The molecule has 0 aliphatic rings. The van der Waals surface area contributed by atoms with Crippen LogP contribution in [0, 0.1) is 11.3 Å². The van der Waals surface area contributed by atoms with E-state index in [2.05, 4.69) is 0 Å². The average Bonchev–Trinajstić information content (AvgIpc) is 1.97. The molecule has 0 rings (SSSR count). The number of carbonyl (C=O) groups excluding carboxylic acids is 1. The summed E-state index contributed by atoms with van der Waals surface area (Å²) in [6.07, 6.45) is 0.635. The Morgan fingerprint density at radius 3 is 1.81 bits per heavy atom. The van der Waals surface area contributed by atoms with Crippen LogP contribution >= 0.6 is 0 Å². The third kappa shape index (κ3) is 3.87. The van der Waals surface area contributed by atoms with E-state index >= 15 is 0 Å².